The second-order valence-electron chi connectivity index (χ2n) is 3.20. The summed E-state index contributed by atoms with van der Waals surface area (Å²) in [5.74, 6) is -2.24. The summed E-state index contributed by atoms with van der Waals surface area (Å²) < 4.78 is 50.1. The van der Waals surface area contributed by atoms with Crippen LogP contribution in [0.1, 0.15) is 0 Å². The van der Waals surface area contributed by atoms with Gasteiger partial charge in [0, 0.05) is 13.1 Å². The summed E-state index contributed by atoms with van der Waals surface area (Å²) in [5, 5.41) is 2.68. The van der Waals surface area contributed by atoms with Gasteiger partial charge < -0.3 is 5.32 Å². The number of benzene rings is 1. The lowest BCUT2D eigenvalue weighted by molar-refractivity contribution is 0.473. The zero-order valence-electron chi connectivity index (χ0n) is 7.79. The van der Waals surface area contributed by atoms with Crippen LogP contribution >= 0.6 is 0 Å². The first kappa shape index (κ1) is 10.3. The molecule has 0 radical (unpaired) electrons. The standard InChI is InChI=1S/C8H8F2N2O2S/c1-12-4-11-7-2-5(9)6(10)3-8(7)15(12,13)14/h2-3,11H,4H2,1H3. The predicted molar refractivity (Wildman–Crippen MR) is 49.8 cm³/mol. The average Bonchev–Trinajstić information content (AvgIpc) is 2.16. The minimum Gasteiger partial charge on any atom is -0.370 e. The molecule has 0 saturated carbocycles. The van der Waals surface area contributed by atoms with Crippen LogP contribution in [0.25, 0.3) is 0 Å². The second-order valence-corrected chi connectivity index (χ2v) is 5.21. The molecule has 1 N–H and O–H groups in total. The van der Waals surface area contributed by atoms with Crippen LogP contribution in [-0.4, -0.2) is 26.4 Å². The number of nitrogens with zero attached hydrogens (tertiary/aromatic N) is 1. The van der Waals surface area contributed by atoms with Crippen molar-refractivity contribution in [3.05, 3.63) is 23.8 Å². The molecule has 1 aliphatic heterocycles. The molecule has 0 atom stereocenters. The molecule has 82 valence electrons. The van der Waals surface area contributed by atoms with E-state index in [1.807, 2.05) is 0 Å². The Morgan fingerprint density at radius 1 is 1.33 bits per heavy atom. The summed E-state index contributed by atoms with van der Waals surface area (Å²) in [6.07, 6.45) is 0. The van der Waals surface area contributed by atoms with Crippen LogP contribution < -0.4 is 5.32 Å². The molecule has 0 amide bonds. The topological polar surface area (TPSA) is 49.4 Å². The van der Waals surface area contributed by atoms with Gasteiger partial charge in [-0.3, -0.25) is 0 Å². The summed E-state index contributed by atoms with van der Waals surface area (Å²) >= 11 is 0. The van der Waals surface area contributed by atoms with E-state index >= 15 is 0 Å². The molecule has 2 rings (SSSR count). The van der Waals surface area contributed by atoms with Gasteiger partial charge in [-0.25, -0.2) is 17.2 Å². The van der Waals surface area contributed by atoms with Gasteiger partial charge in [-0.1, -0.05) is 0 Å². The first-order valence-electron chi connectivity index (χ1n) is 4.12. The molecule has 0 unspecified atom stereocenters. The lowest BCUT2D eigenvalue weighted by Gasteiger charge is -2.26. The third kappa shape index (κ3) is 1.47. The number of halogens is 2. The maximum absolute atomic E-state index is 12.9. The lowest BCUT2D eigenvalue weighted by Crippen LogP contribution is -2.36. The predicted octanol–water partition coefficient (Wildman–Crippen LogP) is 0.968. The third-order valence-corrected chi connectivity index (χ3v) is 4.05. The van der Waals surface area contributed by atoms with Crippen molar-refractivity contribution in [2.24, 2.45) is 0 Å². The number of nitrogens with one attached hydrogen (secondary N) is 1. The molecule has 4 nitrogen and oxygen atoms in total. The normalized spacial score (nSPS) is 19.4. The molecule has 1 aliphatic rings. The molecule has 0 fully saturated rings. The Bertz CT molecular complexity index is 516. The van der Waals surface area contributed by atoms with Crippen molar-refractivity contribution < 1.29 is 17.2 Å². The summed E-state index contributed by atoms with van der Waals surface area (Å²) in [6, 6.07) is 1.53. The van der Waals surface area contributed by atoms with E-state index in [1.54, 1.807) is 0 Å². The number of hydrogen-bond donors (Lipinski definition) is 1. The van der Waals surface area contributed by atoms with Gasteiger partial charge in [0.1, 0.15) is 4.90 Å². The van der Waals surface area contributed by atoms with Crippen molar-refractivity contribution in [1.29, 1.82) is 0 Å². The fourth-order valence-electron chi connectivity index (χ4n) is 1.33. The molecule has 0 bridgehead atoms. The second kappa shape index (κ2) is 3.14. The summed E-state index contributed by atoms with van der Waals surface area (Å²) in [6.45, 7) is 0.0421. The van der Waals surface area contributed by atoms with Crippen molar-refractivity contribution >= 4 is 15.7 Å². The lowest BCUT2D eigenvalue weighted by atomic mass is 10.3. The maximum Gasteiger partial charge on any atom is 0.246 e. The van der Waals surface area contributed by atoms with Crippen LogP contribution in [0.4, 0.5) is 14.5 Å². The van der Waals surface area contributed by atoms with Crippen molar-refractivity contribution in [1.82, 2.24) is 4.31 Å². The molecule has 1 aromatic rings. The quantitative estimate of drug-likeness (QED) is 0.727. The maximum atomic E-state index is 12.9. The van der Waals surface area contributed by atoms with E-state index < -0.39 is 21.7 Å². The molecule has 7 heteroatoms. The first-order chi connectivity index (χ1) is 6.93. The van der Waals surface area contributed by atoms with E-state index in [4.69, 9.17) is 0 Å². The SMILES string of the molecule is CN1CNc2cc(F)c(F)cc2S1(=O)=O. The first-order valence-corrected chi connectivity index (χ1v) is 5.56. The Labute approximate surface area is 85.6 Å². The molecular formula is C8H8F2N2O2S. The zero-order chi connectivity index (χ0) is 11.2. The van der Waals surface area contributed by atoms with Gasteiger partial charge in [0.25, 0.3) is 0 Å². The van der Waals surface area contributed by atoms with Crippen LogP contribution in [0, 0.1) is 11.6 Å². The van der Waals surface area contributed by atoms with Gasteiger partial charge in [-0.05, 0) is 6.07 Å². The van der Waals surface area contributed by atoms with Gasteiger partial charge in [0.2, 0.25) is 10.0 Å². The molecule has 0 aromatic heterocycles. The van der Waals surface area contributed by atoms with Crippen molar-refractivity contribution in [3.8, 4) is 0 Å². The Hall–Kier alpha value is -1.21. The van der Waals surface area contributed by atoms with Crippen molar-refractivity contribution in [2.75, 3.05) is 19.0 Å². The van der Waals surface area contributed by atoms with E-state index in [-0.39, 0.29) is 17.3 Å². The number of fused-ring (bicyclic) bond motifs is 1. The molecule has 0 aliphatic carbocycles. The molecule has 0 saturated heterocycles. The third-order valence-electron chi connectivity index (χ3n) is 2.20. The van der Waals surface area contributed by atoms with Crippen molar-refractivity contribution in [2.45, 2.75) is 4.90 Å². The van der Waals surface area contributed by atoms with E-state index in [0.29, 0.717) is 6.07 Å². The molecule has 0 spiro atoms. The summed E-state index contributed by atoms with van der Waals surface area (Å²) in [5.41, 5.74) is 0.0898. The molecule has 1 heterocycles. The number of anilines is 1. The minimum absolute atomic E-state index is 0.0421. The number of sulfonamides is 1. The van der Waals surface area contributed by atoms with E-state index in [1.165, 1.54) is 7.05 Å². The Kier molecular flexibility index (Phi) is 2.16. The van der Waals surface area contributed by atoms with Gasteiger partial charge in [0.05, 0.1) is 12.4 Å². The van der Waals surface area contributed by atoms with Crippen LogP contribution in [0.3, 0.4) is 0 Å². The molecule has 15 heavy (non-hydrogen) atoms. The van der Waals surface area contributed by atoms with Crippen LogP contribution in [0.2, 0.25) is 0 Å². The van der Waals surface area contributed by atoms with Gasteiger partial charge in [0.15, 0.2) is 11.6 Å². The van der Waals surface area contributed by atoms with Crippen LogP contribution in [-0.2, 0) is 10.0 Å². The smallest absolute Gasteiger partial charge is 0.246 e. The number of hydrogen-bond acceptors (Lipinski definition) is 3. The van der Waals surface area contributed by atoms with Gasteiger partial charge >= 0.3 is 0 Å². The van der Waals surface area contributed by atoms with E-state index in [2.05, 4.69) is 5.32 Å². The average molecular weight is 234 g/mol. The van der Waals surface area contributed by atoms with Gasteiger partial charge in [-0.15, -0.1) is 0 Å². The highest BCUT2D eigenvalue weighted by Gasteiger charge is 2.29. The van der Waals surface area contributed by atoms with E-state index in [9.17, 15) is 17.2 Å². The highest BCUT2D eigenvalue weighted by molar-refractivity contribution is 7.89. The Morgan fingerprint density at radius 3 is 2.60 bits per heavy atom. The van der Waals surface area contributed by atoms with Crippen LogP contribution in [0.5, 0.6) is 0 Å². The zero-order valence-corrected chi connectivity index (χ0v) is 8.61. The summed E-state index contributed by atoms with van der Waals surface area (Å²) in [7, 11) is -2.34. The largest absolute Gasteiger partial charge is 0.370 e. The van der Waals surface area contributed by atoms with Crippen molar-refractivity contribution in [3.63, 3.8) is 0 Å². The monoisotopic (exact) mass is 234 g/mol. The van der Waals surface area contributed by atoms with Gasteiger partial charge in [-0.2, -0.15) is 4.31 Å². The minimum atomic E-state index is -3.70. The fourth-order valence-corrected chi connectivity index (χ4v) is 2.56. The highest BCUT2D eigenvalue weighted by atomic mass is 32.2. The Balaban J connectivity index is 2.70. The van der Waals surface area contributed by atoms with Crippen LogP contribution in [0.15, 0.2) is 17.0 Å². The molecule has 1 aromatic carbocycles. The highest BCUT2D eigenvalue weighted by Crippen LogP contribution is 2.29. The Morgan fingerprint density at radius 2 is 1.93 bits per heavy atom. The summed E-state index contributed by atoms with van der Waals surface area (Å²) in [4.78, 5) is -0.241. The fraction of sp³-hybridized carbons (Fsp3) is 0.250. The number of rotatable bonds is 0. The molecular weight excluding hydrogens is 226 g/mol. The van der Waals surface area contributed by atoms with E-state index in [0.717, 1.165) is 10.4 Å².